The molecular weight excluding hydrogens is 1610 g/mol. The third-order valence-corrected chi connectivity index (χ3v) is 25.5. The molecule has 8 heterocycles. The van der Waals surface area contributed by atoms with Crippen molar-refractivity contribution in [3.05, 3.63) is 229 Å². The lowest BCUT2D eigenvalue weighted by Gasteiger charge is -2.34. The number of likely N-dealkylation sites (tertiary alicyclic amines) is 4. The Labute approximate surface area is 728 Å². The lowest BCUT2D eigenvalue weighted by Crippen LogP contribution is -2.51. The zero-order valence-corrected chi connectivity index (χ0v) is 72.4. The number of carbonyl (C=O) groups excluding carboxylic acids is 6. The summed E-state index contributed by atoms with van der Waals surface area (Å²) in [5, 5.41) is 11.4. The van der Waals surface area contributed by atoms with Gasteiger partial charge in [0.2, 0.25) is 23.6 Å². The first-order chi connectivity index (χ1) is 60.7. The van der Waals surface area contributed by atoms with Gasteiger partial charge < -0.3 is 59.6 Å². The highest BCUT2D eigenvalue weighted by Crippen LogP contribution is 2.47. The number of hydrogen-bond donors (Lipinski definition) is 6. The Morgan fingerprint density at radius 3 is 1.24 bits per heavy atom. The number of alkyl carbamates (subject to hydrolysis) is 2. The van der Waals surface area contributed by atoms with Gasteiger partial charge in [0.15, 0.2) is 0 Å². The van der Waals surface area contributed by atoms with E-state index in [1.54, 1.807) is 6.20 Å². The van der Waals surface area contributed by atoms with Gasteiger partial charge >= 0.3 is 12.2 Å². The van der Waals surface area contributed by atoms with Crippen LogP contribution in [0.1, 0.15) is 165 Å². The first-order valence-electron chi connectivity index (χ1n) is 43.6. The van der Waals surface area contributed by atoms with E-state index in [-0.39, 0.29) is 47.5 Å². The van der Waals surface area contributed by atoms with Gasteiger partial charge in [-0.25, -0.2) is 47.1 Å². The number of nitrogens with one attached hydrogen (secondary N) is 6. The number of hydrogen-bond acceptors (Lipinski definition) is 14. The molecule has 9 aromatic carbocycles. The molecule has 0 spiro atoms. The molecule has 4 aliphatic heterocycles. The van der Waals surface area contributed by atoms with E-state index in [1.807, 2.05) is 203 Å². The minimum absolute atomic E-state index is 0.107. The maximum absolute atomic E-state index is 15.3. The second-order valence-electron chi connectivity index (χ2n) is 34.0. The van der Waals surface area contributed by atoms with Gasteiger partial charge in [-0.15, -0.1) is 0 Å². The molecule has 4 fully saturated rings. The molecule has 28 heteroatoms. The van der Waals surface area contributed by atoms with E-state index >= 15 is 17.6 Å². The molecule has 6 N–H and O–H groups in total. The number of aromatic amines is 4. The van der Waals surface area contributed by atoms with Crippen molar-refractivity contribution in [3.63, 3.8) is 0 Å². The second-order valence-corrected chi connectivity index (χ2v) is 34.0. The fraction of sp³-hybridized carbons (Fsp3) is 0.367. The molecule has 0 saturated carbocycles. The monoisotopic (exact) mass is 1710 g/mol. The minimum atomic E-state index is -3.08. The highest BCUT2D eigenvalue weighted by atomic mass is 19.3. The average Bonchev–Trinajstić information content (AvgIpc) is 1.67. The molecule has 654 valence electrons. The van der Waals surface area contributed by atoms with Crippen molar-refractivity contribution in [2.24, 2.45) is 11.8 Å². The summed E-state index contributed by atoms with van der Waals surface area (Å²) in [7, 11) is 2.59. The van der Waals surface area contributed by atoms with Gasteiger partial charge in [-0.1, -0.05) is 201 Å². The van der Waals surface area contributed by atoms with Crippen molar-refractivity contribution in [3.8, 4) is 44.8 Å². The largest absolute Gasteiger partial charge is 0.453 e. The number of nitrogens with zero attached hydrogens (tertiary/aromatic N) is 10. The van der Waals surface area contributed by atoms with Crippen LogP contribution in [-0.2, 0) is 28.7 Å². The van der Waals surface area contributed by atoms with Crippen molar-refractivity contribution >= 4 is 90.2 Å². The Balaban J connectivity index is 0.000000186. The molecule has 0 radical (unpaired) electrons. The number of aromatic nitrogens is 8. The molecule has 4 aromatic heterocycles. The molecule has 126 heavy (non-hydrogen) atoms. The number of amides is 6. The Kier molecular flexibility index (Phi) is 25.0. The molecule has 0 unspecified atom stereocenters. The van der Waals surface area contributed by atoms with Crippen LogP contribution in [0.25, 0.3) is 99.2 Å². The number of carbonyl (C=O) groups is 6. The molecule has 0 bridgehead atoms. The van der Waals surface area contributed by atoms with E-state index in [4.69, 9.17) is 24.4 Å². The fourth-order valence-corrected chi connectivity index (χ4v) is 18.8. The third kappa shape index (κ3) is 17.6. The summed E-state index contributed by atoms with van der Waals surface area (Å²) in [5.41, 5.74) is 12.0. The Hall–Kier alpha value is -12.8. The molecule has 4 aliphatic rings. The molecule has 0 aliphatic carbocycles. The van der Waals surface area contributed by atoms with Crippen molar-refractivity contribution in [2.75, 3.05) is 66.6 Å². The number of imidazole rings is 4. The van der Waals surface area contributed by atoms with Crippen LogP contribution in [-0.4, -0.2) is 196 Å². The molecule has 17 rings (SSSR count). The number of ether oxygens (including phenoxy) is 2. The first-order valence-corrected chi connectivity index (χ1v) is 43.6. The predicted octanol–water partition coefficient (Wildman–Crippen LogP) is 18.8. The summed E-state index contributed by atoms with van der Waals surface area (Å²) in [6.45, 7) is 17.6. The van der Waals surface area contributed by atoms with E-state index in [0.717, 1.165) is 131 Å². The van der Waals surface area contributed by atoms with Crippen LogP contribution in [0.15, 0.2) is 194 Å². The number of methoxy groups -OCH3 is 2. The van der Waals surface area contributed by atoms with Gasteiger partial charge in [0.1, 0.15) is 47.5 Å². The van der Waals surface area contributed by atoms with Crippen LogP contribution in [0.2, 0.25) is 0 Å². The van der Waals surface area contributed by atoms with E-state index in [2.05, 4.69) is 96.2 Å². The smallest absolute Gasteiger partial charge is 0.407 e. The van der Waals surface area contributed by atoms with Crippen LogP contribution in [0.3, 0.4) is 0 Å². The Morgan fingerprint density at radius 2 is 0.794 bits per heavy atom. The number of likely N-dealkylation sites (N-methyl/N-ethyl adjacent to an activating group) is 2. The topological polar surface area (TPSA) is 279 Å². The molecular formula is C98H106F4N16O8. The van der Waals surface area contributed by atoms with E-state index in [1.165, 1.54) is 24.0 Å². The number of H-pyrrole nitrogens is 4. The maximum Gasteiger partial charge on any atom is 0.407 e. The van der Waals surface area contributed by atoms with E-state index in [0.29, 0.717) is 67.6 Å². The minimum Gasteiger partial charge on any atom is -0.453 e. The van der Waals surface area contributed by atoms with E-state index in [9.17, 15) is 28.8 Å². The zero-order valence-electron chi connectivity index (χ0n) is 72.4. The zero-order chi connectivity index (χ0) is 88.6. The molecule has 24 nitrogen and oxygen atoms in total. The molecule has 8 atom stereocenters. The number of fused-ring (bicyclic) bond motifs is 7. The number of halogens is 4. The summed E-state index contributed by atoms with van der Waals surface area (Å²) >= 11 is 0. The predicted molar refractivity (Wildman–Crippen MR) is 479 cm³/mol. The quantitative estimate of drug-likeness (QED) is 0.0307. The second kappa shape index (κ2) is 36.4. The first kappa shape index (κ1) is 86.7. The Bertz CT molecular complexity index is 6170. The van der Waals surface area contributed by atoms with Crippen molar-refractivity contribution in [2.45, 2.75) is 154 Å². The lowest BCUT2D eigenvalue weighted by atomic mass is 9.97. The van der Waals surface area contributed by atoms with Crippen molar-refractivity contribution < 1.29 is 55.8 Å². The lowest BCUT2D eigenvalue weighted by molar-refractivity contribution is -0.140. The van der Waals surface area contributed by atoms with Crippen molar-refractivity contribution in [1.82, 2.24) is 79.9 Å². The van der Waals surface area contributed by atoms with Gasteiger partial charge in [-0.05, 0) is 161 Å². The average molecular weight is 1710 g/mol. The van der Waals surface area contributed by atoms with Gasteiger partial charge in [0, 0.05) is 42.3 Å². The number of benzene rings is 9. The summed E-state index contributed by atoms with van der Waals surface area (Å²) < 4.78 is 70.6. The highest BCUT2D eigenvalue weighted by Gasteiger charge is 2.53. The summed E-state index contributed by atoms with van der Waals surface area (Å²) in [6, 6.07) is 54.6. The maximum atomic E-state index is 15.3. The normalized spacial score (nSPS) is 18.5. The number of alkyl halides is 4. The number of rotatable bonds is 24. The molecule has 6 amide bonds. The summed E-state index contributed by atoms with van der Waals surface area (Å²) in [4.78, 5) is 123. The van der Waals surface area contributed by atoms with Crippen molar-refractivity contribution in [1.29, 1.82) is 0 Å². The van der Waals surface area contributed by atoms with Crippen LogP contribution in [0, 0.1) is 11.8 Å². The van der Waals surface area contributed by atoms with Crippen LogP contribution >= 0.6 is 0 Å². The highest BCUT2D eigenvalue weighted by molar-refractivity contribution is 6.07. The van der Waals surface area contributed by atoms with Crippen LogP contribution in [0.5, 0.6) is 0 Å². The van der Waals surface area contributed by atoms with Gasteiger partial charge in [0.05, 0.1) is 97.3 Å². The summed E-state index contributed by atoms with van der Waals surface area (Å²) in [6.07, 6.45) is 4.40. The molecule has 13 aromatic rings. The van der Waals surface area contributed by atoms with Gasteiger partial charge in [0.25, 0.3) is 11.8 Å². The van der Waals surface area contributed by atoms with Crippen LogP contribution in [0.4, 0.5) is 27.2 Å². The fourth-order valence-electron chi connectivity index (χ4n) is 18.8. The third-order valence-electron chi connectivity index (χ3n) is 25.5. The Morgan fingerprint density at radius 1 is 0.429 bits per heavy atom. The van der Waals surface area contributed by atoms with E-state index < -0.39 is 86.2 Å². The van der Waals surface area contributed by atoms with Gasteiger partial charge in [-0.2, -0.15) is 0 Å². The molecule has 4 saturated heterocycles. The SMILES string of the molecule is CCN(CC)[C@@H](C(=O)N1CC(F)(F)C[C@H]1c1ncc(-c2ccc(-c3ccc4c(ccc5[nH]c([C@@H]6CC(F)(F)CN6C(=O)[C@@H](c6ccccc6)N(CC)CC)nc54)c3)cc2)[nH]1)c1ccccc1.COC(=O)N[C@H](C(=O)N1CCC[C@H]1c1ncc(-c2ccc3cc(-c4ccc5c(ccc6[nH]c([C@@H]7CCCN7C(=O)[C@@H](NC(=O)OC)C(C)C)nc65)c4)ccc3c2)[nH]1)C(C)C. The van der Waals surface area contributed by atoms with Gasteiger partial charge in [-0.3, -0.25) is 29.0 Å². The summed E-state index contributed by atoms with van der Waals surface area (Å²) in [5.74, 6) is -5.28. The van der Waals surface area contributed by atoms with Crippen LogP contribution < -0.4 is 10.6 Å². The standard InChI is InChI=1S/C52H54F4N8O2.C46H52N8O6/c1-5-61(6-2)45(35-15-11-9-12-16-35)49(65)63-31-51(53,54)28-42(63)47-57-30-41(59-47)34-21-19-33(20-22-34)37-23-25-39-38(27-37)24-26-40-44(39)60-48(58-40)43-29-52(55,56)32-64(43)50(66)46(62(7-3)8-4)36-17-13-10-14-18-36;1-25(2)38(51-45(57)59-5)43(55)53-19-7-9-36(53)41-47-24-35(49-41)32-14-13-28-21-27(11-12-29(28)23-32)30-15-17-33-31(22-30)16-18-34-40(33)50-42(48-34)37-10-8-20-54(37)44(56)39(26(3)4)52-46(58)60-6/h9-27,30,42-43,45-46H,5-8,28-29,31-32H2,1-4H3,(H,57,59)(H,58,60);11-18,21-26,36-39H,7-10,19-20H2,1-6H3,(H,47,49)(H,48,50)(H,51,57)(H,52,58)/t42-,43-,45+,46+;36-,37-,38-,39-/m00/s1.